The molecule has 1 aromatic heterocycles. The van der Waals surface area contributed by atoms with Crippen molar-refractivity contribution in [2.24, 2.45) is 0 Å². The number of aliphatic hydroxyl groups excluding tert-OH is 1. The van der Waals surface area contributed by atoms with Gasteiger partial charge in [0.2, 0.25) is 5.95 Å². The van der Waals surface area contributed by atoms with Gasteiger partial charge in [-0.2, -0.15) is 0 Å². The molecule has 0 amide bonds. The van der Waals surface area contributed by atoms with E-state index in [4.69, 9.17) is 24.7 Å². The fourth-order valence-electron chi connectivity index (χ4n) is 2.91. The molecular weight excluding hydrogens is 436 g/mol. The number of nitrogens with one attached hydrogen (secondary N) is 3. The molecule has 0 unspecified atom stereocenters. The molecule has 9 nitrogen and oxygen atoms in total. The van der Waals surface area contributed by atoms with E-state index in [1.54, 1.807) is 18.2 Å². The van der Waals surface area contributed by atoms with Crippen molar-refractivity contribution in [2.75, 3.05) is 38.0 Å². The minimum Gasteiger partial charge on any atom is -0.494 e. The van der Waals surface area contributed by atoms with Crippen LogP contribution in [0.5, 0.6) is 17.2 Å². The van der Waals surface area contributed by atoms with E-state index in [1.807, 2.05) is 0 Å². The molecule has 0 atom stereocenters. The van der Waals surface area contributed by atoms with Crippen LogP contribution in [0.15, 0.2) is 36.7 Å². The maximum atomic E-state index is 14.4. The fraction of sp³-hybridized carbons (Fsp3) is 0.227. The Labute approximate surface area is 188 Å². The van der Waals surface area contributed by atoms with E-state index in [0.29, 0.717) is 23.5 Å². The van der Waals surface area contributed by atoms with E-state index in [2.05, 4.69) is 20.6 Å². The van der Waals surface area contributed by atoms with Gasteiger partial charge in [0.05, 0.1) is 38.8 Å². The summed E-state index contributed by atoms with van der Waals surface area (Å²) in [7, 11) is 2.54. The Morgan fingerprint density at radius 1 is 1.06 bits per heavy atom. The Kier molecular flexibility index (Phi) is 7.92. The van der Waals surface area contributed by atoms with E-state index in [-0.39, 0.29) is 35.4 Å². The van der Waals surface area contributed by atoms with Gasteiger partial charge in [0.25, 0.3) is 0 Å². The zero-order chi connectivity index (χ0) is 23.8. The molecule has 0 aliphatic heterocycles. The summed E-state index contributed by atoms with van der Waals surface area (Å²) in [5.74, 6) is -1.62. The van der Waals surface area contributed by atoms with E-state index >= 15 is 0 Å². The van der Waals surface area contributed by atoms with Crippen LogP contribution >= 0.6 is 0 Å². The molecule has 0 radical (unpaired) electrons. The van der Waals surface area contributed by atoms with E-state index in [0.717, 1.165) is 6.07 Å². The molecule has 0 saturated heterocycles. The Balaban J connectivity index is 1.70. The average Bonchev–Trinajstić information content (AvgIpc) is 2.84. The second-order valence-electron chi connectivity index (χ2n) is 6.64. The maximum Gasteiger partial charge on any atom is 0.227 e. The Morgan fingerprint density at radius 3 is 2.30 bits per heavy atom. The number of nitrogens with zero attached hydrogens (tertiary/aromatic N) is 2. The molecule has 2 aromatic carbocycles. The Hall–Kier alpha value is -3.99. The number of benzene rings is 2. The average molecular weight is 459 g/mol. The number of rotatable bonds is 11. The largest absolute Gasteiger partial charge is 0.494 e. The third-order valence-electron chi connectivity index (χ3n) is 4.57. The number of methoxy groups -OCH3 is 2. The van der Waals surface area contributed by atoms with Crippen molar-refractivity contribution in [2.45, 2.75) is 6.61 Å². The lowest BCUT2D eigenvalue weighted by molar-refractivity contribution is 0.280. The highest BCUT2D eigenvalue weighted by Gasteiger charge is 2.20. The van der Waals surface area contributed by atoms with Crippen LogP contribution in [-0.4, -0.2) is 48.7 Å². The molecule has 4 N–H and O–H groups in total. The van der Waals surface area contributed by atoms with Crippen molar-refractivity contribution in [3.8, 4) is 17.2 Å². The smallest absolute Gasteiger partial charge is 0.227 e. The van der Waals surface area contributed by atoms with E-state index in [9.17, 15) is 8.78 Å². The second kappa shape index (κ2) is 11.0. The number of ether oxygens (including phenoxy) is 3. The van der Waals surface area contributed by atoms with Crippen LogP contribution in [0, 0.1) is 17.0 Å². The highest BCUT2D eigenvalue weighted by atomic mass is 19.1. The summed E-state index contributed by atoms with van der Waals surface area (Å²) in [6, 6.07) is 6.36. The summed E-state index contributed by atoms with van der Waals surface area (Å²) in [6.07, 6.45) is 3.93. The quantitative estimate of drug-likeness (QED) is 0.322. The topological polar surface area (TPSA) is 122 Å². The standard InChI is InChI=1S/C22H23F2N5O4/c1-31-18-8-19(32-2)21(24)16(20(18)23)12-33-15-10-27-22(28-11-15)29-14-4-3-13(9-25)17(7-14)26-5-6-30/h3-4,7-11,25-26,30H,5-6,12H2,1-2H3,(H,27,28,29). The fourth-order valence-corrected chi connectivity index (χ4v) is 2.91. The van der Waals surface area contributed by atoms with Crippen LogP contribution in [0.25, 0.3) is 0 Å². The molecule has 0 aliphatic carbocycles. The minimum absolute atomic E-state index is 0.0456. The molecule has 0 aliphatic rings. The van der Waals surface area contributed by atoms with Gasteiger partial charge in [-0.25, -0.2) is 18.7 Å². The van der Waals surface area contributed by atoms with E-state index in [1.165, 1.54) is 32.8 Å². The first-order valence-electron chi connectivity index (χ1n) is 9.80. The van der Waals surface area contributed by atoms with Crippen LogP contribution < -0.4 is 24.8 Å². The highest BCUT2D eigenvalue weighted by Crippen LogP contribution is 2.32. The zero-order valence-electron chi connectivity index (χ0n) is 18.0. The van der Waals surface area contributed by atoms with E-state index < -0.39 is 18.2 Å². The Bertz CT molecular complexity index is 1080. The molecule has 174 valence electrons. The molecule has 0 bridgehead atoms. The van der Waals surface area contributed by atoms with Gasteiger partial charge in [-0.15, -0.1) is 0 Å². The summed E-state index contributed by atoms with van der Waals surface area (Å²) < 4.78 is 44.2. The van der Waals surface area contributed by atoms with Gasteiger partial charge in [0.1, 0.15) is 6.61 Å². The predicted octanol–water partition coefficient (Wildman–Crippen LogP) is 3.50. The first-order valence-corrected chi connectivity index (χ1v) is 9.80. The number of anilines is 3. The van der Waals surface area contributed by atoms with Crippen molar-refractivity contribution >= 4 is 23.5 Å². The third-order valence-corrected chi connectivity index (χ3v) is 4.57. The predicted molar refractivity (Wildman–Crippen MR) is 119 cm³/mol. The summed E-state index contributed by atoms with van der Waals surface area (Å²) >= 11 is 0. The van der Waals surface area contributed by atoms with Crippen LogP contribution in [-0.2, 0) is 6.61 Å². The lowest BCUT2D eigenvalue weighted by atomic mass is 10.1. The number of hydrogen-bond donors (Lipinski definition) is 4. The normalized spacial score (nSPS) is 10.5. The molecule has 0 fully saturated rings. The van der Waals surface area contributed by atoms with Gasteiger partial charge in [0, 0.05) is 35.8 Å². The lowest BCUT2D eigenvalue weighted by Crippen LogP contribution is -2.08. The van der Waals surface area contributed by atoms with Crippen LogP contribution in [0.3, 0.4) is 0 Å². The van der Waals surface area contributed by atoms with Crippen LogP contribution in [0.2, 0.25) is 0 Å². The van der Waals surface area contributed by atoms with Gasteiger partial charge >= 0.3 is 0 Å². The summed E-state index contributed by atoms with van der Waals surface area (Å²) in [5, 5.41) is 22.5. The van der Waals surface area contributed by atoms with Crippen molar-refractivity contribution in [3.63, 3.8) is 0 Å². The van der Waals surface area contributed by atoms with Crippen molar-refractivity contribution < 1.29 is 28.1 Å². The lowest BCUT2D eigenvalue weighted by Gasteiger charge is -2.13. The number of aromatic nitrogens is 2. The second-order valence-corrected chi connectivity index (χ2v) is 6.64. The molecule has 0 saturated carbocycles. The summed E-state index contributed by atoms with van der Waals surface area (Å²) in [6.45, 7) is -0.129. The van der Waals surface area contributed by atoms with Crippen molar-refractivity contribution in [1.82, 2.24) is 9.97 Å². The maximum absolute atomic E-state index is 14.4. The first kappa shape index (κ1) is 23.7. The SMILES string of the molecule is COc1cc(OC)c(F)c(COc2cnc(Nc3ccc(C=N)c(NCCO)c3)nc2)c1F. The van der Waals surface area contributed by atoms with Gasteiger partial charge in [-0.3, -0.25) is 0 Å². The monoisotopic (exact) mass is 459 g/mol. The Morgan fingerprint density at radius 2 is 1.73 bits per heavy atom. The number of aliphatic hydroxyl groups is 1. The van der Waals surface area contributed by atoms with Gasteiger partial charge in [-0.1, -0.05) is 0 Å². The molecule has 33 heavy (non-hydrogen) atoms. The molecule has 11 heteroatoms. The van der Waals surface area contributed by atoms with Crippen molar-refractivity contribution in [3.05, 3.63) is 59.4 Å². The van der Waals surface area contributed by atoms with Gasteiger partial charge < -0.3 is 35.4 Å². The first-order chi connectivity index (χ1) is 16.0. The van der Waals surface area contributed by atoms with Crippen molar-refractivity contribution in [1.29, 1.82) is 5.41 Å². The number of hydrogen-bond acceptors (Lipinski definition) is 9. The van der Waals surface area contributed by atoms with Gasteiger partial charge in [-0.05, 0) is 18.2 Å². The van der Waals surface area contributed by atoms with Gasteiger partial charge in [0.15, 0.2) is 28.9 Å². The van der Waals surface area contributed by atoms with Crippen LogP contribution in [0.1, 0.15) is 11.1 Å². The minimum atomic E-state index is -0.881. The molecule has 3 rings (SSSR count). The summed E-state index contributed by atoms with van der Waals surface area (Å²) in [4.78, 5) is 8.29. The summed E-state index contributed by atoms with van der Waals surface area (Å²) in [5.41, 5.74) is 1.64. The highest BCUT2D eigenvalue weighted by molar-refractivity contribution is 5.87. The zero-order valence-corrected chi connectivity index (χ0v) is 18.0. The number of halogens is 2. The van der Waals surface area contributed by atoms with Crippen LogP contribution in [0.4, 0.5) is 26.1 Å². The molecule has 0 spiro atoms. The molecular formula is C22H23F2N5O4. The molecule has 1 heterocycles. The molecule has 3 aromatic rings. The third kappa shape index (κ3) is 5.63.